The van der Waals surface area contributed by atoms with Crippen molar-refractivity contribution in [3.8, 4) is 0 Å². The molecule has 3 saturated heterocycles. The second kappa shape index (κ2) is 4.58. The summed E-state index contributed by atoms with van der Waals surface area (Å²) >= 11 is 0. The zero-order chi connectivity index (χ0) is 13.6. The van der Waals surface area contributed by atoms with Crippen LogP contribution in [0.5, 0.6) is 0 Å². The molecule has 1 N–H and O–H groups in total. The number of methoxy groups -OCH3 is 1. The molecule has 0 spiro atoms. The van der Waals surface area contributed by atoms with Crippen LogP contribution < -0.4 is 0 Å². The monoisotopic (exact) mass is 255 g/mol. The Morgan fingerprint density at radius 1 is 1.50 bits per heavy atom. The number of nitrogens with zero attached hydrogens (tertiary/aromatic N) is 1. The average Bonchev–Trinajstić information content (AvgIpc) is 2.32. The number of hydrogen-bond donors (Lipinski definition) is 1. The van der Waals surface area contributed by atoms with Crippen molar-refractivity contribution in [2.75, 3.05) is 26.9 Å². The molecule has 0 aliphatic carbocycles. The van der Waals surface area contributed by atoms with E-state index in [0.29, 0.717) is 12.6 Å². The predicted octanol–water partition coefficient (Wildman–Crippen LogP) is 1.07. The zero-order valence-corrected chi connectivity index (χ0v) is 11.9. The number of aliphatic hydroxyl groups excluding tert-OH is 1. The van der Waals surface area contributed by atoms with Crippen molar-refractivity contribution in [2.45, 2.75) is 45.2 Å². The second-order valence-corrected chi connectivity index (χ2v) is 6.78. The van der Waals surface area contributed by atoms with Gasteiger partial charge < -0.3 is 9.84 Å². The van der Waals surface area contributed by atoms with Crippen molar-refractivity contribution in [2.24, 2.45) is 11.3 Å². The molecule has 0 aromatic heterocycles. The largest absolute Gasteiger partial charge is 0.394 e. The molecule has 3 heterocycles. The Kier molecular flexibility index (Phi) is 3.56. The van der Waals surface area contributed by atoms with Gasteiger partial charge in [-0.25, -0.2) is 0 Å². The average molecular weight is 255 g/mol. The summed E-state index contributed by atoms with van der Waals surface area (Å²) in [6.07, 6.45) is 1.85. The van der Waals surface area contributed by atoms with Gasteiger partial charge >= 0.3 is 0 Å². The summed E-state index contributed by atoms with van der Waals surface area (Å²) < 4.78 is 5.24. The van der Waals surface area contributed by atoms with Crippen molar-refractivity contribution in [3.05, 3.63) is 0 Å². The molecule has 0 aromatic rings. The first-order chi connectivity index (χ1) is 8.36. The SMILES string of the molecule is COC[C@@]1(CO)C(=O)[C@H]2CCN1[C@H](C(C)(C)C)C2. The minimum Gasteiger partial charge on any atom is -0.394 e. The van der Waals surface area contributed by atoms with Gasteiger partial charge in [-0.05, 0) is 18.3 Å². The molecular weight excluding hydrogens is 230 g/mol. The van der Waals surface area contributed by atoms with Crippen molar-refractivity contribution in [1.82, 2.24) is 4.90 Å². The van der Waals surface area contributed by atoms with Gasteiger partial charge in [-0.2, -0.15) is 0 Å². The van der Waals surface area contributed by atoms with Crippen LogP contribution >= 0.6 is 0 Å². The summed E-state index contributed by atoms with van der Waals surface area (Å²) in [5, 5.41) is 9.81. The highest BCUT2D eigenvalue weighted by molar-refractivity contribution is 5.92. The third-order valence-electron chi connectivity index (χ3n) is 4.63. The van der Waals surface area contributed by atoms with Crippen LogP contribution in [0.1, 0.15) is 33.6 Å². The molecule has 1 unspecified atom stereocenters. The maximum Gasteiger partial charge on any atom is 0.161 e. The number of Topliss-reactive ketones (excluding diaryl/α,β-unsaturated/α-hetero) is 1. The van der Waals surface area contributed by atoms with Crippen LogP contribution in [0.3, 0.4) is 0 Å². The molecule has 0 saturated carbocycles. The summed E-state index contributed by atoms with van der Waals surface area (Å²) in [5.41, 5.74) is -0.679. The standard InChI is InChI=1S/C14H25NO3/c1-13(2,3)11-7-10-5-6-15(11)14(8-16,9-18-4)12(10)17/h10-11,16H,5-9H2,1-4H3/t10-,11-,14-/m0/s1. The lowest BCUT2D eigenvalue weighted by Crippen LogP contribution is -2.73. The van der Waals surface area contributed by atoms with Gasteiger partial charge in [-0.1, -0.05) is 20.8 Å². The van der Waals surface area contributed by atoms with Crippen molar-refractivity contribution < 1.29 is 14.6 Å². The first-order valence-corrected chi connectivity index (χ1v) is 6.77. The Hall–Kier alpha value is -0.450. The molecule has 18 heavy (non-hydrogen) atoms. The highest BCUT2D eigenvalue weighted by atomic mass is 16.5. The van der Waals surface area contributed by atoms with Gasteiger partial charge in [0.15, 0.2) is 5.78 Å². The number of ether oxygens (including phenoxy) is 1. The van der Waals surface area contributed by atoms with E-state index in [1.165, 1.54) is 0 Å². The van der Waals surface area contributed by atoms with E-state index in [1.54, 1.807) is 7.11 Å². The van der Waals surface area contributed by atoms with Crippen molar-refractivity contribution in [3.63, 3.8) is 0 Å². The minimum atomic E-state index is -0.798. The van der Waals surface area contributed by atoms with E-state index in [4.69, 9.17) is 4.74 Å². The molecule has 3 fully saturated rings. The zero-order valence-electron chi connectivity index (χ0n) is 11.9. The topological polar surface area (TPSA) is 49.8 Å². The van der Waals surface area contributed by atoms with Crippen LogP contribution in [0.15, 0.2) is 0 Å². The van der Waals surface area contributed by atoms with Crippen LogP contribution in [0.25, 0.3) is 0 Å². The molecule has 104 valence electrons. The van der Waals surface area contributed by atoms with Gasteiger partial charge in [-0.15, -0.1) is 0 Å². The number of hydrogen-bond acceptors (Lipinski definition) is 4. The Morgan fingerprint density at radius 2 is 2.17 bits per heavy atom. The maximum atomic E-state index is 12.5. The van der Waals surface area contributed by atoms with Crippen LogP contribution in [-0.4, -0.2) is 54.2 Å². The predicted molar refractivity (Wildman–Crippen MR) is 69.4 cm³/mol. The first kappa shape index (κ1) is 14.0. The van der Waals surface area contributed by atoms with Crippen LogP contribution in [0.4, 0.5) is 0 Å². The summed E-state index contributed by atoms with van der Waals surface area (Å²) in [7, 11) is 1.60. The molecule has 3 aliphatic heterocycles. The lowest BCUT2D eigenvalue weighted by Gasteiger charge is -2.59. The fourth-order valence-electron chi connectivity index (χ4n) is 3.67. The number of piperidine rings is 3. The Morgan fingerprint density at radius 3 is 2.67 bits per heavy atom. The molecule has 4 nitrogen and oxygen atoms in total. The quantitative estimate of drug-likeness (QED) is 0.819. The molecule has 2 bridgehead atoms. The molecule has 0 amide bonds. The fourth-order valence-corrected chi connectivity index (χ4v) is 3.67. The minimum absolute atomic E-state index is 0.0986. The van der Waals surface area contributed by atoms with E-state index in [9.17, 15) is 9.90 Å². The summed E-state index contributed by atoms with van der Waals surface area (Å²) in [6, 6.07) is 0.344. The van der Waals surface area contributed by atoms with Gasteiger partial charge in [0, 0.05) is 25.6 Å². The Bertz CT molecular complexity index is 336. The molecule has 4 heteroatoms. The van der Waals surface area contributed by atoms with E-state index >= 15 is 0 Å². The molecule has 4 atom stereocenters. The number of carbonyl (C=O) groups excluding carboxylic acids is 1. The van der Waals surface area contributed by atoms with Gasteiger partial charge in [0.2, 0.25) is 0 Å². The van der Waals surface area contributed by atoms with Crippen molar-refractivity contribution in [1.29, 1.82) is 0 Å². The number of rotatable bonds is 3. The summed E-state index contributed by atoms with van der Waals surface area (Å²) in [5.74, 6) is 0.278. The van der Waals surface area contributed by atoms with Gasteiger partial charge in [0.05, 0.1) is 13.2 Å². The van der Waals surface area contributed by atoms with Crippen molar-refractivity contribution >= 4 is 5.78 Å². The van der Waals surface area contributed by atoms with E-state index in [1.807, 2.05) is 0 Å². The molecule has 3 aliphatic rings. The third-order valence-corrected chi connectivity index (χ3v) is 4.63. The lowest BCUT2D eigenvalue weighted by molar-refractivity contribution is -0.173. The van der Waals surface area contributed by atoms with Crippen LogP contribution in [-0.2, 0) is 9.53 Å². The van der Waals surface area contributed by atoms with E-state index in [2.05, 4.69) is 25.7 Å². The molecule has 0 aromatic carbocycles. The molecular formula is C14H25NO3. The van der Waals surface area contributed by atoms with Crippen LogP contribution in [0, 0.1) is 11.3 Å². The van der Waals surface area contributed by atoms with E-state index < -0.39 is 5.54 Å². The summed E-state index contributed by atoms with van der Waals surface area (Å²) in [6.45, 7) is 7.67. The third kappa shape index (κ3) is 1.91. The molecule has 0 radical (unpaired) electrons. The number of ketones is 1. The normalized spacial score (nSPS) is 40.3. The lowest BCUT2D eigenvalue weighted by atomic mass is 9.65. The summed E-state index contributed by atoms with van der Waals surface area (Å²) in [4.78, 5) is 14.7. The smallest absolute Gasteiger partial charge is 0.161 e. The van der Waals surface area contributed by atoms with Gasteiger partial charge in [0.25, 0.3) is 0 Å². The maximum absolute atomic E-state index is 12.5. The Balaban J connectivity index is 2.37. The number of aliphatic hydroxyl groups is 1. The second-order valence-electron chi connectivity index (χ2n) is 6.78. The number of carbonyl (C=O) groups is 1. The van der Waals surface area contributed by atoms with Gasteiger partial charge in [0.1, 0.15) is 5.54 Å². The highest BCUT2D eigenvalue weighted by Crippen LogP contribution is 2.45. The number of fused-ring (bicyclic) bond motifs is 3. The fraction of sp³-hybridized carbons (Fsp3) is 0.929. The molecule has 3 rings (SSSR count). The van der Waals surface area contributed by atoms with Crippen LogP contribution in [0.2, 0.25) is 0 Å². The first-order valence-electron chi connectivity index (χ1n) is 6.77. The Labute approximate surface area is 109 Å². The van der Waals surface area contributed by atoms with Gasteiger partial charge in [-0.3, -0.25) is 9.69 Å². The van der Waals surface area contributed by atoms with E-state index in [0.717, 1.165) is 19.4 Å². The highest BCUT2D eigenvalue weighted by Gasteiger charge is 2.58. The van der Waals surface area contributed by atoms with E-state index in [-0.39, 0.29) is 23.7 Å².